The molecule has 2 saturated carbocycles. The molecule has 4 rings (SSSR count). The van der Waals surface area contributed by atoms with E-state index in [1.165, 1.54) is 19.3 Å². The second kappa shape index (κ2) is 7.53. The van der Waals surface area contributed by atoms with Crippen LogP contribution in [-0.2, 0) is 0 Å². The van der Waals surface area contributed by atoms with E-state index < -0.39 is 5.54 Å². The van der Waals surface area contributed by atoms with Gasteiger partial charge in [-0.15, -0.1) is 5.53 Å². The minimum Gasteiger partial charge on any atom is -0.343 e. The lowest BCUT2D eigenvalue weighted by atomic mass is 9.82. The normalized spacial score (nSPS) is 21.6. The molecular formula is C21H24N6O. The summed E-state index contributed by atoms with van der Waals surface area (Å²) in [7, 11) is 0. The number of rotatable bonds is 5. The van der Waals surface area contributed by atoms with Gasteiger partial charge in [0, 0.05) is 11.8 Å². The van der Waals surface area contributed by atoms with Gasteiger partial charge >= 0.3 is 0 Å². The van der Waals surface area contributed by atoms with Crippen LogP contribution >= 0.6 is 0 Å². The van der Waals surface area contributed by atoms with E-state index in [9.17, 15) is 10.1 Å². The molecule has 1 amide bonds. The zero-order valence-electron chi connectivity index (χ0n) is 15.7. The molecule has 0 saturated heterocycles. The maximum atomic E-state index is 12.9. The van der Waals surface area contributed by atoms with Gasteiger partial charge in [0.1, 0.15) is 5.54 Å². The molecule has 2 fully saturated rings. The molecule has 0 bridgehead atoms. The van der Waals surface area contributed by atoms with E-state index in [1.54, 1.807) is 24.3 Å². The van der Waals surface area contributed by atoms with Crippen molar-refractivity contribution in [3.63, 3.8) is 0 Å². The summed E-state index contributed by atoms with van der Waals surface area (Å²) in [6, 6.07) is 11.0. The van der Waals surface area contributed by atoms with Crippen molar-refractivity contribution in [2.45, 2.75) is 56.5 Å². The summed E-state index contributed by atoms with van der Waals surface area (Å²) >= 11 is 0. The molecule has 7 nitrogen and oxygen atoms in total. The van der Waals surface area contributed by atoms with Gasteiger partial charge in [0.15, 0.2) is 0 Å². The summed E-state index contributed by atoms with van der Waals surface area (Å²) in [5.41, 5.74) is 7.78. The summed E-state index contributed by atoms with van der Waals surface area (Å²) in [4.78, 5) is 12.9. The van der Waals surface area contributed by atoms with E-state index in [-0.39, 0.29) is 11.9 Å². The molecule has 7 heteroatoms. The summed E-state index contributed by atoms with van der Waals surface area (Å²) in [5.74, 6) is 0.205. The SMILES string of the molecule is N#Cc1ccc(C(=O)N[C@H](C2=CN(C3(C#N)CC3)NN2)C2CCCCC2)cc1. The lowest BCUT2D eigenvalue weighted by Crippen LogP contribution is -2.48. The van der Waals surface area contributed by atoms with Crippen molar-refractivity contribution in [2.24, 2.45) is 5.92 Å². The van der Waals surface area contributed by atoms with Crippen molar-refractivity contribution < 1.29 is 4.79 Å². The van der Waals surface area contributed by atoms with Crippen LogP contribution in [0.2, 0.25) is 0 Å². The summed E-state index contributed by atoms with van der Waals surface area (Å²) in [6.45, 7) is 0. The molecule has 28 heavy (non-hydrogen) atoms. The molecular weight excluding hydrogens is 352 g/mol. The van der Waals surface area contributed by atoms with E-state index in [4.69, 9.17) is 5.26 Å². The molecule has 0 unspecified atom stereocenters. The number of benzene rings is 1. The number of nitrogens with zero attached hydrogens (tertiary/aromatic N) is 3. The highest BCUT2D eigenvalue weighted by atomic mass is 16.1. The monoisotopic (exact) mass is 376 g/mol. The van der Waals surface area contributed by atoms with Gasteiger partial charge in [-0.3, -0.25) is 9.80 Å². The minimum absolute atomic E-state index is 0.143. The van der Waals surface area contributed by atoms with Crippen molar-refractivity contribution in [1.82, 2.24) is 21.3 Å². The van der Waals surface area contributed by atoms with Crippen LogP contribution in [0.5, 0.6) is 0 Å². The van der Waals surface area contributed by atoms with Crippen molar-refractivity contribution in [2.75, 3.05) is 0 Å². The van der Waals surface area contributed by atoms with Crippen LogP contribution in [-0.4, -0.2) is 22.5 Å². The fraction of sp³-hybridized carbons (Fsp3) is 0.476. The topological polar surface area (TPSA) is 104 Å². The van der Waals surface area contributed by atoms with Crippen LogP contribution < -0.4 is 16.3 Å². The third-order valence-corrected chi connectivity index (χ3v) is 6.00. The molecule has 1 heterocycles. The first-order valence-corrected chi connectivity index (χ1v) is 9.90. The largest absolute Gasteiger partial charge is 0.343 e. The Balaban J connectivity index is 1.54. The van der Waals surface area contributed by atoms with Crippen molar-refractivity contribution in [3.05, 3.63) is 47.3 Å². The Kier molecular flexibility index (Phi) is 4.93. The molecule has 1 aromatic rings. The first kappa shape index (κ1) is 18.3. The third-order valence-electron chi connectivity index (χ3n) is 6.00. The van der Waals surface area contributed by atoms with Crippen LogP contribution in [0.25, 0.3) is 0 Å². The van der Waals surface area contributed by atoms with Crippen LogP contribution in [0.4, 0.5) is 0 Å². The van der Waals surface area contributed by atoms with Gasteiger partial charge in [0.05, 0.1) is 29.4 Å². The molecule has 0 aromatic heterocycles. The van der Waals surface area contributed by atoms with E-state index in [0.29, 0.717) is 17.0 Å². The molecule has 2 aliphatic carbocycles. The summed E-state index contributed by atoms with van der Waals surface area (Å²) in [6.07, 6.45) is 9.33. The predicted molar refractivity (Wildman–Crippen MR) is 103 cm³/mol. The first-order valence-electron chi connectivity index (χ1n) is 9.90. The Morgan fingerprint density at radius 2 is 1.89 bits per heavy atom. The molecule has 1 atom stereocenters. The molecule has 0 radical (unpaired) electrons. The first-order chi connectivity index (χ1) is 13.6. The molecule has 0 spiro atoms. The Morgan fingerprint density at radius 3 is 2.50 bits per heavy atom. The van der Waals surface area contributed by atoms with Gasteiger partial charge in [-0.25, -0.2) is 0 Å². The average Bonchev–Trinajstić information content (AvgIpc) is 3.41. The number of amides is 1. The zero-order chi connectivity index (χ0) is 19.6. The minimum atomic E-state index is -0.469. The van der Waals surface area contributed by atoms with Crippen molar-refractivity contribution >= 4 is 5.91 Å². The summed E-state index contributed by atoms with van der Waals surface area (Å²) in [5, 5.41) is 23.4. The lowest BCUT2D eigenvalue weighted by Gasteiger charge is -2.31. The van der Waals surface area contributed by atoms with E-state index >= 15 is 0 Å². The van der Waals surface area contributed by atoms with Gasteiger partial charge in [-0.2, -0.15) is 10.5 Å². The average molecular weight is 376 g/mol. The number of nitriles is 2. The Morgan fingerprint density at radius 1 is 1.18 bits per heavy atom. The van der Waals surface area contributed by atoms with Crippen molar-refractivity contribution in [1.29, 1.82) is 10.5 Å². The second-order valence-electron chi connectivity index (χ2n) is 7.87. The standard InChI is InChI=1S/C21H24N6O/c22-12-15-6-8-17(9-7-15)20(28)24-19(16-4-2-1-3-5-16)18-13-27(26-25-18)21(14-23)10-11-21/h6-9,13,16,19,25-26H,1-5,10-11H2,(H,24,28)/t19-/m0/s1. The van der Waals surface area contributed by atoms with E-state index in [1.807, 2.05) is 11.2 Å². The van der Waals surface area contributed by atoms with E-state index in [2.05, 4.69) is 28.4 Å². The maximum Gasteiger partial charge on any atom is 0.251 e. The van der Waals surface area contributed by atoms with Gasteiger partial charge in [0.25, 0.3) is 5.91 Å². The number of hydrogen-bond donors (Lipinski definition) is 3. The fourth-order valence-electron chi connectivity index (χ4n) is 4.08. The van der Waals surface area contributed by atoms with Gasteiger partial charge in [-0.05, 0) is 55.9 Å². The smallest absolute Gasteiger partial charge is 0.251 e. The second-order valence-corrected chi connectivity index (χ2v) is 7.87. The number of carbonyl (C=O) groups excluding carboxylic acids is 1. The zero-order valence-corrected chi connectivity index (χ0v) is 15.7. The molecule has 1 aromatic carbocycles. The highest BCUT2D eigenvalue weighted by Gasteiger charge is 2.50. The summed E-state index contributed by atoms with van der Waals surface area (Å²) < 4.78 is 0. The number of hydrogen-bond acceptors (Lipinski definition) is 6. The number of nitrogens with one attached hydrogen (secondary N) is 3. The number of carbonyl (C=O) groups is 1. The Bertz CT molecular complexity index is 852. The Hall–Kier alpha value is -3.03. The fourth-order valence-corrected chi connectivity index (χ4v) is 4.08. The maximum absolute atomic E-state index is 12.9. The molecule has 1 aliphatic heterocycles. The van der Waals surface area contributed by atoms with E-state index in [0.717, 1.165) is 31.4 Å². The van der Waals surface area contributed by atoms with Crippen molar-refractivity contribution in [3.8, 4) is 12.1 Å². The van der Waals surface area contributed by atoms with Gasteiger partial charge in [-0.1, -0.05) is 19.3 Å². The highest BCUT2D eigenvalue weighted by molar-refractivity contribution is 5.94. The number of hydrazine groups is 2. The highest BCUT2D eigenvalue weighted by Crippen LogP contribution is 2.41. The molecule has 3 N–H and O–H groups in total. The molecule has 3 aliphatic rings. The van der Waals surface area contributed by atoms with Gasteiger partial charge < -0.3 is 10.7 Å². The third kappa shape index (κ3) is 3.54. The quantitative estimate of drug-likeness (QED) is 0.729. The Labute approximate surface area is 164 Å². The molecule has 144 valence electrons. The predicted octanol–water partition coefficient (Wildman–Crippen LogP) is 2.46. The van der Waals surface area contributed by atoms with Crippen LogP contribution in [0, 0.1) is 28.6 Å². The van der Waals surface area contributed by atoms with Crippen LogP contribution in [0.15, 0.2) is 36.2 Å². The van der Waals surface area contributed by atoms with Crippen LogP contribution in [0.1, 0.15) is 60.9 Å². The van der Waals surface area contributed by atoms with Crippen LogP contribution in [0.3, 0.4) is 0 Å². The lowest BCUT2D eigenvalue weighted by molar-refractivity contribution is 0.0921. The van der Waals surface area contributed by atoms with Gasteiger partial charge in [0.2, 0.25) is 0 Å².